The molecular weight excluding hydrogens is 268 g/mol. The smallest absolute Gasteiger partial charge is 0.317 e. The molecule has 1 atom stereocenters. The molecule has 120 valence electrons. The van der Waals surface area contributed by atoms with Crippen molar-refractivity contribution in [1.29, 1.82) is 0 Å². The number of aliphatic carboxylic acids is 1. The molecule has 3 aliphatic rings. The lowest BCUT2D eigenvalue weighted by Crippen LogP contribution is -2.48. The summed E-state index contributed by atoms with van der Waals surface area (Å²) in [6, 6.07) is 0.640. The first-order valence-corrected chi connectivity index (χ1v) is 8.49. The molecule has 5 heteroatoms. The van der Waals surface area contributed by atoms with E-state index in [0.29, 0.717) is 6.04 Å². The van der Waals surface area contributed by atoms with Crippen molar-refractivity contribution in [3.05, 3.63) is 0 Å². The molecule has 21 heavy (non-hydrogen) atoms. The lowest BCUT2D eigenvalue weighted by Gasteiger charge is -2.42. The van der Waals surface area contributed by atoms with Crippen LogP contribution in [0.4, 0.5) is 0 Å². The molecule has 0 radical (unpaired) electrons. The summed E-state index contributed by atoms with van der Waals surface area (Å²) in [6.07, 6.45) is 8.52. The molecule has 1 spiro atoms. The van der Waals surface area contributed by atoms with Crippen LogP contribution in [0.1, 0.15) is 44.9 Å². The van der Waals surface area contributed by atoms with Gasteiger partial charge in [0.2, 0.25) is 0 Å². The van der Waals surface area contributed by atoms with Crippen molar-refractivity contribution >= 4 is 5.97 Å². The average molecular weight is 296 g/mol. The average Bonchev–Trinajstić information content (AvgIpc) is 2.76. The van der Waals surface area contributed by atoms with E-state index in [4.69, 9.17) is 9.84 Å². The summed E-state index contributed by atoms with van der Waals surface area (Å²) in [4.78, 5) is 15.5. The molecule has 1 saturated carbocycles. The molecule has 0 aromatic carbocycles. The molecule has 0 amide bonds. The normalized spacial score (nSPS) is 31.3. The Labute approximate surface area is 127 Å². The van der Waals surface area contributed by atoms with Crippen LogP contribution < -0.4 is 0 Å². The van der Waals surface area contributed by atoms with Gasteiger partial charge >= 0.3 is 5.97 Å². The number of hydrogen-bond acceptors (Lipinski definition) is 4. The summed E-state index contributed by atoms with van der Waals surface area (Å²) in [5, 5.41) is 8.94. The Bertz CT molecular complexity index is 369. The van der Waals surface area contributed by atoms with E-state index in [-0.39, 0.29) is 12.1 Å². The number of carboxylic acid groups (broad SMARTS) is 1. The van der Waals surface area contributed by atoms with E-state index in [9.17, 15) is 4.79 Å². The van der Waals surface area contributed by atoms with Gasteiger partial charge in [-0.05, 0) is 38.6 Å². The SMILES string of the molecule is O=C(O)CN1CCCN(C2CCOC3(CCCC3)C2)CC1. The van der Waals surface area contributed by atoms with Gasteiger partial charge in [0.05, 0.1) is 12.1 Å². The maximum absolute atomic E-state index is 10.9. The van der Waals surface area contributed by atoms with Crippen molar-refractivity contribution in [2.45, 2.75) is 56.6 Å². The molecule has 1 N–H and O–H groups in total. The molecule has 2 heterocycles. The Balaban J connectivity index is 1.55. The van der Waals surface area contributed by atoms with E-state index in [0.717, 1.165) is 45.6 Å². The molecule has 1 aliphatic carbocycles. The highest BCUT2D eigenvalue weighted by Gasteiger charge is 2.41. The van der Waals surface area contributed by atoms with Gasteiger partial charge in [0.25, 0.3) is 0 Å². The fourth-order valence-electron chi connectivity index (χ4n) is 4.39. The van der Waals surface area contributed by atoms with Crippen molar-refractivity contribution in [3.63, 3.8) is 0 Å². The second-order valence-corrected chi connectivity index (χ2v) is 6.94. The molecule has 2 aliphatic heterocycles. The summed E-state index contributed by atoms with van der Waals surface area (Å²) in [6.45, 7) is 5.00. The highest BCUT2D eigenvalue weighted by Crippen LogP contribution is 2.41. The van der Waals surface area contributed by atoms with Crippen molar-refractivity contribution < 1.29 is 14.6 Å². The summed E-state index contributed by atoms with van der Waals surface area (Å²) in [5.74, 6) is -0.709. The minimum Gasteiger partial charge on any atom is -0.480 e. The number of hydrogen-bond donors (Lipinski definition) is 1. The lowest BCUT2D eigenvalue weighted by atomic mass is 9.88. The maximum Gasteiger partial charge on any atom is 0.317 e. The van der Waals surface area contributed by atoms with Crippen LogP contribution in [0.5, 0.6) is 0 Å². The van der Waals surface area contributed by atoms with Crippen LogP contribution in [0, 0.1) is 0 Å². The second-order valence-electron chi connectivity index (χ2n) is 6.94. The van der Waals surface area contributed by atoms with Crippen molar-refractivity contribution in [1.82, 2.24) is 9.80 Å². The Hall–Kier alpha value is -0.650. The van der Waals surface area contributed by atoms with Crippen LogP contribution in [0.2, 0.25) is 0 Å². The number of carbonyl (C=O) groups is 1. The fourth-order valence-corrected chi connectivity index (χ4v) is 4.39. The van der Waals surface area contributed by atoms with E-state index in [2.05, 4.69) is 9.80 Å². The van der Waals surface area contributed by atoms with Crippen molar-refractivity contribution in [2.24, 2.45) is 0 Å². The first-order valence-electron chi connectivity index (χ1n) is 8.49. The minimum absolute atomic E-state index is 0.177. The first-order chi connectivity index (χ1) is 10.2. The highest BCUT2D eigenvalue weighted by molar-refractivity contribution is 5.69. The van der Waals surface area contributed by atoms with Crippen LogP contribution in [-0.2, 0) is 9.53 Å². The van der Waals surface area contributed by atoms with Crippen LogP contribution in [0.3, 0.4) is 0 Å². The zero-order valence-electron chi connectivity index (χ0n) is 12.9. The van der Waals surface area contributed by atoms with Gasteiger partial charge in [-0.3, -0.25) is 14.6 Å². The molecular formula is C16H28N2O3. The van der Waals surface area contributed by atoms with E-state index in [1.807, 2.05) is 0 Å². The standard InChI is InChI=1S/C16H28N2O3/c19-15(20)13-17-7-3-8-18(10-9-17)14-4-11-21-16(12-14)5-1-2-6-16/h14H,1-13H2,(H,19,20). The molecule has 1 unspecified atom stereocenters. The quantitative estimate of drug-likeness (QED) is 0.857. The Morgan fingerprint density at radius 2 is 1.95 bits per heavy atom. The zero-order chi connectivity index (χ0) is 14.7. The van der Waals surface area contributed by atoms with Crippen LogP contribution in [0.25, 0.3) is 0 Å². The monoisotopic (exact) mass is 296 g/mol. The molecule has 3 rings (SSSR count). The van der Waals surface area contributed by atoms with E-state index in [1.165, 1.54) is 32.1 Å². The third-order valence-electron chi connectivity index (χ3n) is 5.48. The van der Waals surface area contributed by atoms with E-state index < -0.39 is 5.97 Å². The van der Waals surface area contributed by atoms with Gasteiger partial charge in [0, 0.05) is 32.3 Å². The Morgan fingerprint density at radius 3 is 2.71 bits per heavy atom. The summed E-state index contributed by atoms with van der Waals surface area (Å²) in [7, 11) is 0. The highest BCUT2D eigenvalue weighted by atomic mass is 16.5. The molecule has 3 fully saturated rings. The van der Waals surface area contributed by atoms with Gasteiger partial charge in [-0.25, -0.2) is 0 Å². The predicted octanol–water partition coefficient (Wildman–Crippen LogP) is 1.57. The van der Waals surface area contributed by atoms with Gasteiger partial charge in [-0.15, -0.1) is 0 Å². The summed E-state index contributed by atoms with van der Waals surface area (Å²) >= 11 is 0. The number of carboxylic acids is 1. The zero-order valence-corrected chi connectivity index (χ0v) is 12.9. The lowest BCUT2D eigenvalue weighted by molar-refractivity contribution is -0.138. The second kappa shape index (κ2) is 6.63. The van der Waals surface area contributed by atoms with Crippen LogP contribution >= 0.6 is 0 Å². The number of rotatable bonds is 3. The predicted molar refractivity (Wildman–Crippen MR) is 80.4 cm³/mol. The largest absolute Gasteiger partial charge is 0.480 e. The third kappa shape index (κ3) is 3.76. The third-order valence-corrected chi connectivity index (χ3v) is 5.48. The van der Waals surface area contributed by atoms with Crippen molar-refractivity contribution in [2.75, 3.05) is 39.3 Å². The van der Waals surface area contributed by atoms with Gasteiger partial charge < -0.3 is 9.84 Å². The molecule has 5 nitrogen and oxygen atoms in total. The number of nitrogens with zero attached hydrogens (tertiary/aromatic N) is 2. The van der Waals surface area contributed by atoms with E-state index >= 15 is 0 Å². The molecule has 2 saturated heterocycles. The molecule has 0 aromatic heterocycles. The van der Waals surface area contributed by atoms with E-state index in [1.54, 1.807) is 0 Å². The van der Waals surface area contributed by atoms with Gasteiger partial charge in [-0.2, -0.15) is 0 Å². The summed E-state index contributed by atoms with van der Waals surface area (Å²) in [5.41, 5.74) is 0.177. The molecule has 0 bridgehead atoms. The summed E-state index contributed by atoms with van der Waals surface area (Å²) < 4.78 is 6.14. The number of ether oxygens (including phenoxy) is 1. The van der Waals surface area contributed by atoms with Crippen LogP contribution in [-0.4, -0.2) is 71.8 Å². The molecule has 0 aromatic rings. The fraction of sp³-hybridized carbons (Fsp3) is 0.938. The Morgan fingerprint density at radius 1 is 1.14 bits per heavy atom. The van der Waals surface area contributed by atoms with Gasteiger partial charge in [0.1, 0.15) is 0 Å². The first kappa shape index (κ1) is 15.3. The van der Waals surface area contributed by atoms with Gasteiger partial charge in [-0.1, -0.05) is 12.8 Å². The van der Waals surface area contributed by atoms with Crippen LogP contribution in [0.15, 0.2) is 0 Å². The minimum atomic E-state index is -0.709. The van der Waals surface area contributed by atoms with Gasteiger partial charge in [0.15, 0.2) is 0 Å². The maximum atomic E-state index is 10.9. The topological polar surface area (TPSA) is 53.0 Å². The van der Waals surface area contributed by atoms with Crippen molar-refractivity contribution in [3.8, 4) is 0 Å². The Kier molecular flexibility index (Phi) is 4.82.